The number of halogens is 3. The summed E-state index contributed by atoms with van der Waals surface area (Å²) in [5, 5.41) is 3.42. The van der Waals surface area contributed by atoms with Crippen LogP contribution < -0.4 is 10.1 Å². The lowest BCUT2D eigenvalue weighted by atomic mass is 9.70. The Morgan fingerprint density at radius 1 is 1.19 bits per heavy atom. The third-order valence-electron chi connectivity index (χ3n) is 4.13. The predicted molar refractivity (Wildman–Crippen MR) is 77.3 cm³/mol. The second-order valence-electron chi connectivity index (χ2n) is 6.71. The summed E-state index contributed by atoms with van der Waals surface area (Å²) in [6.45, 7) is 6.78. The molecule has 0 bridgehead atoms. The Morgan fingerprint density at radius 3 is 2.33 bits per heavy atom. The first kappa shape index (κ1) is 16.0. The van der Waals surface area contributed by atoms with E-state index in [9.17, 15) is 13.2 Å². The standard InChI is InChI=1S/C16H22F3NO/c1-11-10-15(2,3)9-8-14(11)20-12-4-6-13(7-5-12)21-16(17,18)19/h4-7,11,14,20H,8-10H2,1-3H3. The Hall–Kier alpha value is -1.39. The third-order valence-corrected chi connectivity index (χ3v) is 4.13. The van der Waals surface area contributed by atoms with Gasteiger partial charge in [0, 0.05) is 11.7 Å². The third kappa shape index (κ3) is 4.83. The fourth-order valence-electron chi connectivity index (χ4n) is 3.13. The maximum absolute atomic E-state index is 12.1. The van der Waals surface area contributed by atoms with E-state index in [0.29, 0.717) is 17.4 Å². The normalized spacial score (nSPS) is 25.4. The van der Waals surface area contributed by atoms with Crippen molar-refractivity contribution < 1.29 is 17.9 Å². The summed E-state index contributed by atoms with van der Waals surface area (Å²) in [7, 11) is 0. The fourth-order valence-corrected chi connectivity index (χ4v) is 3.13. The van der Waals surface area contributed by atoms with Crippen LogP contribution in [0, 0.1) is 11.3 Å². The van der Waals surface area contributed by atoms with E-state index in [1.807, 2.05) is 0 Å². The molecule has 0 spiro atoms. The van der Waals surface area contributed by atoms with Gasteiger partial charge in [-0.1, -0.05) is 20.8 Å². The fraction of sp³-hybridized carbons (Fsp3) is 0.625. The highest BCUT2D eigenvalue weighted by molar-refractivity contribution is 5.47. The van der Waals surface area contributed by atoms with Crippen molar-refractivity contribution in [2.75, 3.05) is 5.32 Å². The lowest BCUT2D eigenvalue weighted by Crippen LogP contribution is -2.36. The Bertz CT molecular complexity index is 467. The van der Waals surface area contributed by atoms with Crippen LogP contribution in [0.1, 0.15) is 40.0 Å². The maximum Gasteiger partial charge on any atom is 0.573 e. The number of hydrogen-bond donors (Lipinski definition) is 1. The molecule has 1 N–H and O–H groups in total. The van der Waals surface area contributed by atoms with Crippen LogP contribution >= 0.6 is 0 Å². The molecule has 0 heterocycles. The van der Waals surface area contributed by atoms with Crippen molar-refractivity contribution in [2.24, 2.45) is 11.3 Å². The van der Waals surface area contributed by atoms with Crippen molar-refractivity contribution in [3.05, 3.63) is 24.3 Å². The highest BCUT2D eigenvalue weighted by Gasteiger charge is 2.32. The number of rotatable bonds is 3. The van der Waals surface area contributed by atoms with Gasteiger partial charge < -0.3 is 10.1 Å². The number of ether oxygens (including phenoxy) is 1. The first-order chi connectivity index (χ1) is 9.65. The van der Waals surface area contributed by atoms with E-state index >= 15 is 0 Å². The van der Waals surface area contributed by atoms with Gasteiger partial charge in [0.25, 0.3) is 0 Å². The van der Waals surface area contributed by atoms with Crippen molar-refractivity contribution >= 4 is 5.69 Å². The molecule has 1 fully saturated rings. The minimum absolute atomic E-state index is 0.189. The Morgan fingerprint density at radius 2 is 1.81 bits per heavy atom. The molecule has 2 unspecified atom stereocenters. The number of benzene rings is 1. The maximum atomic E-state index is 12.1. The molecule has 0 saturated heterocycles. The summed E-state index contributed by atoms with van der Waals surface area (Å²) in [4.78, 5) is 0. The van der Waals surface area contributed by atoms with E-state index in [2.05, 4.69) is 30.8 Å². The lowest BCUT2D eigenvalue weighted by Gasteiger charge is -2.40. The van der Waals surface area contributed by atoms with Crippen molar-refractivity contribution in [3.8, 4) is 5.75 Å². The van der Waals surface area contributed by atoms with Crippen LogP contribution in [0.5, 0.6) is 5.75 Å². The molecule has 0 aliphatic heterocycles. The average molecular weight is 301 g/mol. The topological polar surface area (TPSA) is 21.3 Å². The summed E-state index contributed by atoms with van der Waals surface area (Å²) in [5.74, 6) is 0.353. The van der Waals surface area contributed by atoms with Gasteiger partial charge in [0.15, 0.2) is 0 Å². The van der Waals surface area contributed by atoms with Crippen LogP contribution in [-0.2, 0) is 0 Å². The van der Waals surface area contributed by atoms with E-state index < -0.39 is 6.36 Å². The van der Waals surface area contributed by atoms with Gasteiger partial charge in [-0.25, -0.2) is 0 Å². The summed E-state index contributed by atoms with van der Waals surface area (Å²) < 4.78 is 40.2. The zero-order chi connectivity index (χ0) is 15.7. The molecule has 0 radical (unpaired) electrons. The molecule has 21 heavy (non-hydrogen) atoms. The van der Waals surface area contributed by atoms with E-state index in [1.165, 1.54) is 12.1 Å². The van der Waals surface area contributed by atoms with Crippen molar-refractivity contribution in [1.82, 2.24) is 0 Å². The van der Waals surface area contributed by atoms with Crippen LogP contribution in [0.15, 0.2) is 24.3 Å². The molecule has 2 atom stereocenters. The quantitative estimate of drug-likeness (QED) is 0.827. The molecular formula is C16H22F3NO. The average Bonchev–Trinajstić information content (AvgIpc) is 2.32. The summed E-state index contributed by atoms with van der Waals surface area (Å²) in [5.41, 5.74) is 1.21. The SMILES string of the molecule is CC1CC(C)(C)CCC1Nc1ccc(OC(F)(F)F)cc1. The van der Waals surface area contributed by atoms with Gasteiger partial charge in [0.2, 0.25) is 0 Å². The molecule has 1 aliphatic carbocycles. The van der Waals surface area contributed by atoms with Crippen molar-refractivity contribution in [3.63, 3.8) is 0 Å². The number of hydrogen-bond acceptors (Lipinski definition) is 2. The summed E-state index contributed by atoms with van der Waals surface area (Å²) in [6.07, 6.45) is -1.25. The van der Waals surface area contributed by atoms with Gasteiger partial charge in [-0.15, -0.1) is 13.2 Å². The van der Waals surface area contributed by atoms with Crippen LogP contribution in [0.25, 0.3) is 0 Å². The van der Waals surface area contributed by atoms with Gasteiger partial charge in [0.1, 0.15) is 5.75 Å². The van der Waals surface area contributed by atoms with Crippen molar-refractivity contribution in [1.29, 1.82) is 0 Å². The highest BCUT2D eigenvalue weighted by Crippen LogP contribution is 2.39. The van der Waals surface area contributed by atoms with Gasteiger partial charge >= 0.3 is 6.36 Å². The van der Waals surface area contributed by atoms with E-state index in [1.54, 1.807) is 12.1 Å². The van der Waals surface area contributed by atoms with Gasteiger partial charge in [-0.05, 0) is 54.9 Å². The second-order valence-corrected chi connectivity index (χ2v) is 6.71. The molecule has 0 aromatic heterocycles. The molecule has 1 aliphatic rings. The van der Waals surface area contributed by atoms with Crippen LogP contribution in [0.3, 0.4) is 0 Å². The predicted octanol–water partition coefficient (Wildman–Crippen LogP) is 5.21. The molecule has 2 nitrogen and oxygen atoms in total. The van der Waals surface area contributed by atoms with Crippen LogP contribution in [0.2, 0.25) is 0 Å². The number of alkyl halides is 3. The zero-order valence-electron chi connectivity index (χ0n) is 12.6. The summed E-state index contributed by atoms with van der Waals surface area (Å²) >= 11 is 0. The molecule has 2 rings (SSSR count). The number of anilines is 1. The highest BCUT2D eigenvalue weighted by atomic mass is 19.4. The minimum atomic E-state index is -4.64. The Labute approximate surface area is 123 Å². The minimum Gasteiger partial charge on any atom is -0.406 e. The molecule has 0 amide bonds. The molecule has 1 aromatic carbocycles. The number of nitrogens with one attached hydrogen (secondary N) is 1. The monoisotopic (exact) mass is 301 g/mol. The molecule has 1 aromatic rings. The smallest absolute Gasteiger partial charge is 0.406 e. The first-order valence-electron chi connectivity index (χ1n) is 7.27. The van der Waals surface area contributed by atoms with Gasteiger partial charge in [0.05, 0.1) is 0 Å². The van der Waals surface area contributed by atoms with Crippen LogP contribution in [0.4, 0.5) is 18.9 Å². The van der Waals surface area contributed by atoms with E-state index in [0.717, 1.165) is 24.9 Å². The van der Waals surface area contributed by atoms with Gasteiger partial charge in [-0.3, -0.25) is 0 Å². The Balaban J connectivity index is 1.95. The second kappa shape index (κ2) is 5.78. The lowest BCUT2D eigenvalue weighted by molar-refractivity contribution is -0.274. The molecule has 118 valence electrons. The summed E-state index contributed by atoms with van der Waals surface area (Å²) in [6, 6.07) is 6.31. The first-order valence-corrected chi connectivity index (χ1v) is 7.27. The molecular weight excluding hydrogens is 279 g/mol. The van der Waals surface area contributed by atoms with Crippen molar-refractivity contribution in [2.45, 2.75) is 52.4 Å². The van der Waals surface area contributed by atoms with E-state index in [-0.39, 0.29) is 5.75 Å². The zero-order valence-corrected chi connectivity index (χ0v) is 12.6. The Kier molecular flexibility index (Phi) is 4.40. The largest absolute Gasteiger partial charge is 0.573 e. The molecule has 1 saturated carbocycles. The van der Waals surface area contributed by atoms with Crippen LogP contribution in [-0.4, -0.2) is 12.4 Å². The van der Waals surface area contributed by atoms with E-state index in [4.69, 9.17) is 0 Å². The molecule has 5 heteroatoms. The van der Waals surface area contributed by atoms with Gasteiger partial charge in [-0.2, -0.15) is 0 Å².